The molecule has 0 bridgehead atoms. The molecule has 3 N–H and O–H groups in total. The lowest BCUT2D eigenvalue weighted by molar-refractivity contribution is -0.136. The predicted molar refractivity (Wildman–Crippen MR) is 238 cm³/mol. The number of methoxy groups -OCH3 is 2. The van der Waals surface area contributed by atoms with Gasteiger partial charge in [-0.25, -0.2) is 0 Å². The Hall–Kier alpha value is -2.09. The molecular formula is C42H63BBr3N3O5. The van der Waals surface area contributed by atoms with Crippen LogP contribution >= 0.6 is 47.3 Å². The van der Waals surface area contributed by atoms with Crippen molar-refractivity contribution in [3.63, 3.8) is 0 Å². The number of likely N-dealkylation sites (N-methyl/N-ethyl adjacent to an activating group) is 3. The third-order valence-electron chi connectivity index (χ3n) is 10.7. The van der Waals surface area contributed by atoms with E-state index < -0.39 is 5.97 Å². The second-order valence-electron chi connectivity index (χ2n) is 13.8. The molecule has 0 aliphatic heterocycles. The molecule has 8 nitrogen and oxygen atoms in total. The largest absolute Gasteiger partial charge is 0.508 e. The van der Waals surface area contributed by atoms with Gasteiger partial charge in [-0.2, -0.15) is 0 Å². The number of carboxylic acid groups (broad SMARTS) is 1. The van der Waals surface area contributed by atoms with Crippen LogP contribution in [0, 0.1) is 0 Å². The van der Waals surface area contributed by atoms with Crippen molar-refractivity contribution in [1.29, 1.82) is 0 Å². The summed E-state index contributed by atoms with van der Waals surface area (Å²) in [6.45, 7) is 8.24. The number of nitrogens with zero attached hydrogens (tertiary/aromatic N) is 2. The van der Waals surface area contributed by atoms with Crippen LogP contribution in [-0.4, -0.2) is 95.7 Å². The van der Waals surface area contributed by atoms with Gasteiger partial charge < -0.3 is 34.8 Å². The van der Waals surface area contributed by atoms with Crippen molar-refractivity contribution >= 4 is 56.4 Å². The van der Waals surface area contributed by atoms with Gasteiger partial charge in [0.25, 0.3) is 0 Å². The number of benzene rings is 3. The van der Waals surface area contributed by atoms with Crippen molar-refractivity contribution in [3.8, 4) is 17.2 Å². The van der Waals surface area contributed by atoms with Crippen molar-refractivity contribution in [2.75, 3.05) is 48.5 Å². The molecule has 54 heavy (non-hydrogen) atoms. The van der Waals surface area contributed by atoms with Crippen molar-refractivity contribution in [3.05, 3.63) is 88.0 Å². The first-order chi connectivity index (χ1) is 25.8. The average molecular weight is 941 g/mol. The Balaban J connectivity index is 0.000000252. The number of halogens is 3. The Morgan fingerprint density at radius 2 is 1.13 bits per heavy atom. The number of hydrogen-bond acceptors (Lipinski definition) is 7. The predicted octanol–water partition coefficient (Wildman–Crippen LogP) is 9.11. The molecule has 12 heteroatoms. The number of phenols is 1. The van der Waals surface area contributed by atoms with Gasteiger partial charge >= 0.3 is 9.15 Å². The summed E-state index contributed by atoms with van der Waals surface area (Å²) in [5.74, 6) is 1.85. The number of ether oxygens (including phenoxy) is 2. The quantitative estimate of drug-likeness (QED) is 0.193. The Morgan fingerprint density at radius 1 is 0.741 bits per heavy atom. The second-order valence-corrected chi connectivity index (χ2v) is 20.2. The minimum absolute atomic E-state index is 0.222. The number of carboxylic acids is 1. The zero-order valence-corrected chi connectivity index (χ0v) is 38.4. The highest BCUT2D eigenvalue weighted by atomic mass is 79.9. The van der Waals surface area contributed by atoms with E-state index in [0.29, 0.717) is 23.9 Å². The van der Waals surface area contributed by atoms with Crippen molar-refractivity contribution < 1.29 is 24.5 Å². The van der Waals surface area contributed by atoms with Gasteiger partial charge in [-0.15, -0.1) is 47.3 Å². The van der Waals surface area contributed by atoms with Gasteiger partial charge in [0, 0.05) is 24.5 Å². The zero-order valence-electron chi connectivity index (χ0n) is 33.6. The van der Waals surface area contributed by atoms with Crippen LogP contribution in [-0.2, 0) is 43.3 Å². The summed E-state index contributed by atoms with van der Waals surface area (Å²) < 4.78 is 11.1. The Kier molecular flexibility index (Phi) is 23.1. The van der Waals surface area contributed by atoms with E-state index in [1.165, 1.54) is 46.2 Å². The van der Waals surface area contributed by atoms with Crippen molar-refractivity contribution in [2.45, 2.75) is 103 Å². The van der Waals surface area contributed by atoms with Crippen molar-refractivity contribution in [2.24, 2.45) is 0 Å². The maximum absolute atomic E-state index is 9.72. The molecule has 3 aliphatic carbocycles. The Labute approximate surface area is 350 Å². The monoisotopic (exact) mass is 937 g/mol. The molecule has 0 radical (unpaired) electrons. The minimum Gasteiger partial charge on any atom is -0.508 e. The van der Waals surface area contributed by atoms with Crippen LogP contribution in [0.3, 0.4) is 0 Å². The number of aromatic hydroxyl groups is 1. The highest BCUT2D eigenvalue weighted by Gasteiger charge is 2.24. The van der Waals surface area contributed by atoms with E-state index in [4.69, 9.17) is 14.6 Å². The Morgan fingerprint density at radius 3 is 1.54 bits per heavy atom. The lowest BCUT2D eigenvalue weighted by atomic mass is 9.87. The van der Waals surface area contributed by atoms with Gasteiger partial charge in [0.05, 0.1) is 14.2 Å². The van der Waals surface area contributed by atoms with Gasteiger partial charge in [0.1, 0.15) is 17.2 Å². The van der Waals surface area contributed by atoms with Crippen molar-refractivity contribution in [1.82, 2.24) is 15.1 Å². The fraction of sp³-hybridized carbons (Fsp3) is 0.548. The molecular weight excluding hydrogens is 877 g/mol. The summed E-state index contributed by atoms with van der Waals surface area (Å²) in [7, 11) is 9.95. The second kappa shape index (κ2) is 26.0. The van der Waals surface area contributed by atoms with Crippen LogP contribution in [0.2, 0.25) is 0 Å². The van der Waals surface area contributed by atoms with Gasteiger partial charge in [-0.05, 0) is 144 Å². The molecule has 3 aromatic rings. The van der Waals surface area contributed by atoms with Crippen LogP contribution < -0.4 is 14.8 Å². The number of phenolic OH excluding ortho intramolecular Hbond substituents is 1. The fourth-order valence-corrected chi connectivity index (χ4v) is 7.19. The molecule has 3 unspecified atom stereocenters. The van der Waals surface area contributed by atoms with E-state index in [0.717, 1.165) is 69.5 Å². The molecule has 0 spiro atoms. The average Bonchev–Trinajstić information content (AvgIpc) is 3.19. The molecule has 0 fully saturated rings. The summed E-state index contributed by atoms with van der Waals surface area (Å²) in [5, 5.41) is 20.8. The molecule has 3 aliphatic rings. The molecule has 6 rings (SSSR count). The maximum atomic E-state index is 9.72. The molecule has 0 heterocycles. The number of nitrogens with one attached hydrogen (secondary N) is 1. The fourth-order valence-electron chi connectivity index (χ4n) is 7.19. The number of aliphatic carboxylic acids is 1. The smallest absolute Gasteiger partial charge is 0.369 e. The number of fused-ring (bicyclic) bond motifs is 3. The van der Waals surface area contributed by atoms with E-state index in [2.05, 4.69) is 133 Å². The van der Waals surface area contributed by atoms with E-state index in [9.17, 15) is 9.90 Å². The first-order valence-electron chi connectivity index (χ1n) is 19.1. The summed E-state index contributed by atoms with van der Waals surface area (Å²) in [6.07, 6.45) is 10.5. The van der Waals surface area contributed by atoms with Crippen LogP contribution in [0.4, 0.5) is 0 Å². The van der Waals surface area contributed by atoms with E-state index in [-0.39, 0.29) is 9.61 Å². The van der Waals surface area contributed by atoms with Crippen LogP contribution in [0.15, 0.2) is 54.6 Å². The highest BCUT2D eigenvalue weighted by molar-refractivity contribution is 9.69. The van der Waals surface area contributed by atoms with E-state index >= 15 is 0 Å². The van der Waals surface area contributed by atoms with Gasteiger partial charge in [-0.3, -0.25) is 4.79 Å². The molecule has 0 aromatic heterocycles. The van der Waals surface area contributed by atoms with Gasteiger partial charge in [0.2, 0.25) is 0 Å². The SMILES string of the molecule is BrB(Br)Br.CCC(=O)O.CCN(C)C1CCc2c(O)cccc2C1.CCN(C)C1CCc2c(cccc2OC)C1.CNC1CCc2c(cccc2OC)C1. The summed E-state index contributed by atoms with van der Waals surface area (Å²) >= 11 is 9.31. The number of rotatable bonds is 8. The van der Waals surface area contributed by atoms with Crippen LogP contribution in [0.5, 0.6) is 17.2 Å². The standard InChI is InChI=1S/C14H21NO.C13H19NO.C12H17NO.C3H6O2.BBr3/c1-4-15(2)12-8-9-13-11(10-12)6-5-7-14(13)16-3;1-3-14(2)11-7-8-12-10(9-11)5-4-6-13(12)15;1-13-10-6-7-11-9(8-10)4-3-5-12(11)14-2;1-2-3(4)5;2-1(3)4/h5-7,12H,4,8-10H2,1-3H3;4-6,11,15H,3,7-9H2,1-2H3;3-5,10,13H,6-8H2,1-2H3;2H2,1H3,(H,4,5);. The van der Waals surface area contributed by atoms with Crippen LogP contribution in [0.25, 0.3) is 0 Å². The van der Waals surface area contributed by atoms with E-state index in [1.54, 1.807) is 27.2 Å². The molecule has 0 saturated heterocycles. The number of hydrogen-bond donors (Lipinski definition) is 3. The summed E-state index contributed by atoms with van der Waals surface area (Å²) in [5.41, 5.74) is 8.22. The minimum atomic E-state index is -0.745. The lowest BCUT2D eigenvalue weighted by Crippen LogP contribution is -2.36. The Bertz CT molecular complexity index is 1550. The zero-order chi connectivity index (χ0) is 40.2. The first kappa shape index (κ1) is 48.1. The topological polar surface area (TPSA) is 94.5 Å². The number of carbonyl (C=O) groups is 1. The lowest BCUT2D eigenvalue weighted by Gasteiger charge is -2.32. The summed E-state index contributed by atoms with van der Waals surface area (Å²) in [6, 6.07) is 20.6. The highest BCUT2D eigenvalue weighted by Crippen LogP contribution is 2.32. The molecule has 300 valence electrons. The van der Waals surface area contributed by atoms with Crippen LogP contribution in [0.1, 0.15) is 79.8 Å². The molecule has 0 saturated carbocycles. The molecule has 0 amide bonds. The maximum Gasteiger partial charge on any atom is 0.369 e. The third kappa shape index (κ3) is 15.8. The third-order valence-corrected chi connectivity index (χ3v) is 10.7. The van der Waals surface area contributed by atoms with Gasteiger partial charge in [0.15, 0.2) is 0 Å². The normalized spacial score (nSPS) is 17.9. The van der Waals surface area contributed by atoms with Gasteiger partial charge in [-0.1, -0.05) is 57.2 Å². The molecule has 3 aromatic carbocycles. The first-order valence-corrected chi connectivity index (χ1v) is 21.9. The molecule has 3 atom stereocenters. The summed E-state index contributed by atoms with van der Waals surface area (Å²) in [4.78, 5) is 14.2. The van der Waals surface area contributed by atoms with E-state index in [1.807, 2.05) is 13.1 Å².